The Morgan fingerprint density at radius 3 is 2.79 bits per heavy atom. The molecule has 1 saturated heterocycles. The number of hydrogen-bond acceptors (Lipinski definition) is 4. The van der Waals surface area contributed by atoms with Crippen molar-refractivity contribution in [2.45, 2.75) is 43.0 Å². The molecular weight excluding hydrogens is 390 g/mol. The summed E-state index contributed by atoms with van der Waals surface area (Å²) in [6, 6.07) is 6.38. The molecule has 4 fully saturated rings. The van der Waals surface area contributed by atoms with Gasteiger partial charge in [0.25, 0.3) is 5.91 Å². The highest BCUT2D eigenvalue weighted by Crippen LogP contribution is 2.58. The largest absolute Gasteiger partial charge is 0.354 e. The van der Waals surface area contributed by atoms with E-state index in [0.717, 1.165) is 24.2 Å². The number of nitrogens with zero attached hydrogens (tertiary/aromatic N) is 1. The van der Waals surface area contributed by atoms with E-state index in [2.05, 4.69) is 10.6 Å². The molecule has 8 heteroatoms. The predicted octanol–water partition coefficient (Wildman–Crippen LogP) is 1.36. The molecule has 0 radical (unpaired) electrons. The maximum absolute atomic E-state index is 12.9. The third kappa shape index (κ3) is 3.26. The average Bonchev–Trinajstić information content (AvgIpc) is 3.41. The highest BCUT2D eigenvalue weighted by atomic mass is 32.2. The first-order valence-corrected chi connectivity index (χ1v) is 12.1. The number of nitrogens with one attached hydrogen (secondary N) is 2. The first-order chi connectivity index (χ1) is 13.9. The molecule has 29 heavy (non-hydrogen) atoms. The molecule has 7 nitrogen and oxygen atoms in total. The Morgan fingerprint density at radius 2 is 1.97 bits per heavy atom. The van der Waals surface area contributed by atoms with Crippen molar-refractivity contribution in [2.24, 2.45) is 23.7 Å². The lowest BCUT2D eigenvalue weighted by atomic mass is 9.79. The summed E-state index contributed by atoms with van der Waals surface area (Å²) in [6.45, 7) is 0.343. The second kappa shape index (κ2) is 7.09. The van der Waals surface area contributed by atoms with Crippen molar-refractivity contribution in [3.05, 3.63) is 29.8 Å². The molecule has 1 aromatic rings. The van der Waals surface area contributed by atoms with Crippen LogP contribution in [-0.4, -0.2) is 50.2 Å². The lowest BCUT2D eigenvalue weighted by Crippen LogP contribution is -2.49. The fourth-order valence-corrected chi connectivity index (χ4v) is 7.70. The minimum Gasteiger partial charge on any atom is -0.354 e. The topological polar surface area (TPSA) is 95.6 Å². The summed E-state index contributed by atoms with van der Waals surface area (Å²) in [6.07, 6.45) is 6.23. The molecule has 5 rings (SSSR count). The fourth-order valence-electron chi connectivity index (χ4n) is 6.25. The normalized spacial score (nSPS) is 34.1. The number of carbonyl (C=O) groups excluding carboxylic acids is 2. The number of fused-ring (bicyclic) bond motifs is 5. The third-order valence-corrected chi connectivity index (χ3v) is 9.32. The van der Waals surface area contributed by atoms with Gasteiger partial charge in [-0.3, -0.25) is 9.59 Å². The highest BCUT2D eigenvalue weighted by Gasteiger charge is 2.54. The van der Waals surface area contributed by atoms with Crippen LogP contribution in [0.25, 0.3) is 0 Å². The minimum atomic E-state index is -3.81. The summed E-state index contributed by atoms with van der Waals surface area (Å²) in [5.74, 6) is 2.44. The van der Waals surface area contributed by atoms with E-state index in [4.69, 9.17) is 0 Å². The van der Waals surface area contributed by atoms with Crippen LogP contribution in [0.15, 0.2) is 29.2 Å². The number of piperazine rings is 1. The SMILES string of the molecule is O=C1CN(S(=O)(=O)c2cccc(C(=O)NC3CC4CC3C3CCCC43)c2)CCN1. The molecular formula is C21H27N3O4S. The Kier molecular flexibility index (Phi) is 4.66. The van der Waals surface area contributed by atoms with Gasteiger partial charge in [0.2, 0.25) is 15.9 Å². The summed E-state index contributed by atoms with van der Waals surface area (Å²) in [5.41, 5.74) is 0.360. The molecule has 2 amide bonds. The zero-order valence-electron chi connectivity index (χ0n) is 16.3. The summed E-state index contributed by atoms with van der Waals surface area (Å²) in [5, 5.41) is 5.82. The van der Waals surface area contributed by atoms with Gasteiger partial charge in [-0.15, -0.1) is 0 Å². The van der Waals surface area contributed by atoms with Gasteiger partial charge in [-0.25, -0.2) is 8.42 Å². The Bertz CT molecular complexity index is 947. The first kappa shape index (κ1) is 19.1. The zero-order valence-corrected chi connectivity index (χ0v) is 17.2. The molecule has 0 spiro atoms. The number of amides is 2. The van der Waals surface area contributed by atoms with Crippen molar-refractivity contribution >= 4 is 21.8 Å². The number of hydrogen-bond donors (Lipinski definition) is 2. The van der Waals surface area contributed by atoms with Crippen molar-refractivity contribution in [1.82, 2.24) is 14.9 Å². The van der Waals surface area contributed by atoms with E-state index >= 15 is 0 Å². The van der Waals surface area contributed by atoms with E-state index in [0.29, 0.717) is 18.0 Å². The molecule has 1 heterocycles. The van der Waals surface area contributed by atoms with Crippen molar-refractivity contribution in [2.75, 3.05) is 19.6 Å². The quantitative estimate of drug-likeness (QED) is 0.773. The van der Waals surface area contributed by atoms with Gasteiger partial charge < -0.3 is 10.6 Å². The molecule has 3 aliphatic carbocycles. The van der Waals surface area contributed by atoms with Gasteiger partial charge in [0.15, 0.2) is 0 Å². The monoisotopic (exact) mass is 417 g/mol. The molecule has 1 aromatic carbocycles. The first-order valence-electron chi connectivity index (χ1n) is 10.6. The van der Waals surface area contributed by atoms with E-state index < -0.39 is 10.0 Å². The Labute approximate surface area is 171 Å². The number of carbonyl (C=O) groups is 2. The lowest BCUT2D eigenvalue weighted by molar-refractivity contribution is -0.122. The summed E-state index contributed by atoms with van der Waals surface area (Å²) >= 11 is 0. The Morgan fingerprint density at radius 1 is 1.14 bits per heavy atom. The van der Waals surface area contributed by atoms with Crippen LogP contribution in [0.2, 0.25) is 0 Å². The van der Waals surface area contributed by atoms with Gasteiger partial charge in [-0.05, 0) is 67.6 Å². The Hall–Kier alpha value is -1.93. The second-order valence-corrected chi connectivity index (χ2v) is 10.9. The summed E-state index contributed by atoms with van der Waals surface area (Å²) in [4.78, 5) is 24.5. The number of benzene rings is 1. The van der Waals surface area contributed by atoms with Gasteiger partial charge in [-0.1, -0.05) is 12.5 Å². The van der Waals surface area contributed by atoms with E-state index in [1.807, 2.05) is 0 Å². The van der Waals surface area contributed by atoms with Crippen LogP contribution in [0.4, 0.5) is 0 Å². The zero-order chi connectivity index (χ0) is 20.2. The number of sulfonamides is 1. The van der Waals surface area contributed by atoms with Gasteiger partial charge in [0.1, 0.15) is 0 Å². The van der Waals surface area contributed by atoms with Crippen molar-refractivity contribution < 1.29 is 18.0 Å². The van der Waals surface area contributed by atoms with Crippen LogP contribution < -0.4 is 10.6 Å². The Balaban J connectivity index is 1.31. The molecule has 3 saturated carbocycles. The fraction of sp³-hybridized carbons (Fsp3) is 0.619. The van der Waals surface area contributed by atoms with Crippen LogP contribution in [0.1, 0.15) is 42.5 Å². The van der Waals surface area contributed by atoms with Crippen LogP contribution >= 0.6 is 0 Å². The van der Waals surface area contributed by atoms with Crippen molar-refractivity contribution in [3.63, 3.8) is 0 Å². The summed E-state index contributed by atoms with van der Waals surface area (Å²) in [7, 11) is -3.81. The van der Waals surface area contributed by atoms with Crippen LogP contribution in [0.5, 0.6) is 0 Å². The standard InChI is InChI=1S/C21H27N3O4S/c25-20-12-24(8-7-22-20)29(27,28)15-4-1-3-13(9-15)21(26)23-19-11-14-10-18(19)17-6-2-5-16(14)17/h1,3-4,9,14,16-19H,2,5-8,10-12H2,(H,22,25)(H,23,26). The summed E-state index contributed by atoms with van der Waals surface area (Å²) < 4.78 is 27.0. The smallest absolute Gasteiger partial charge is 0.251 e. The molecule has 0 aromatic heterocycles. The van der Waals surface area contributed by atoms with Gasteiger partial charge >= 0.3 is 0 Å². The molecule has 2 bridgehead atoms. The van der Waals surface area contributed by atoms with Crippen molar-refractivity contribution in [1.29, 1.82) is 0 Å². The molecule has 1 aliphatic heterocycles. The van der Waals surface area contributed by atoms with Gasteiger partial charge in [0, 0.05) is 24.7 Å². The van der Waals surface area contributed by atoms with Gasteiger partial charge in [-0.2, -0.15) is 4.31 Å². The minimum absolute atomic E-state index is 0.0589. The second-order valence-electron chi connectivity index (χ2n) is 8.95. The molecule has 5 atom stereocenters. The van der Waals surface area contributed by atoms with E-state index in [1.165, 1.54) is 42.1 Å². The lowest BCUT2D eigenvalue weighted by Gasteiger charge is -2.32. The molecule has 5 unspecified atom stereocenters. The molecule has 156 valence electrons. The molecule has 2 N–H and O–H groups in total. The maximum Gasteiger partial charge on any atom is 0.251 e. The van der Waals surface area contributed by atoms with Gasteiger partial charge in [0.05, 0.1) is 11.4 Å². The van der Waals surface area contributed by atoms with E-state index in [-0.39, 0.29) is 35.8 Å². The average molecular weight is 418 g/mol. The van der Waals surface area contributed by atoms with Crippen LogP contribution in [-0.2, 0) is 14.8 Å². The number of rotatable bonds is 4. The van der Waals surface area contributed by atoms with E-state index in [1.54, 1.807) is 12.1 Å². The highest BCUT2D eigenvalue weighted by molar-refractivity contribution is 7.89. The van der Waals surface area contributed by atoms with E-state index in [9.17, 15) is 18.0 Å². The third-order valence-electron chi connectivity index (χ3n) is 7.48. The van der Waals surface area contributed by atoms with Crippen LogP contribution in [0.3, 0.4) is 0 Å². The predicted molar refractivity (Wildman–Crippen MR) is 107 cm³/mol. The van der Waals surface area contributed by atoms with Crippen molar-refractivity contribution in [3.8, 4) is 0 Å². The molecule has 4 aliphatic rings. The van der Waals surface area contributed by atoms with Crippen LogP contribution in [0, 0.1) is 23.7 Å². The maximum atomic E-state index is 12.9.